The van der Waals surface area contributed by atoms with Gasteiger partial charge >= 0.3 is 5.97 Å². The summed E-state index contributed by atoms with van der Waals surface area (Å²) < 4.78 is 6.23. The van der Waals surface area contributed by atoms with Crippen LogP contribution in [0.15, 0.2) is 18.2 Å². The van der Waals surface area contributed by atoms with Crippen molar-refractivity contribution in [2.24, 2.45) is 0 Å². The fourth-order valence-electron chi connectivity index (χ4n) is 1.98. The number of aryl methyl sites for hydroxylation is 1. The molecule has 104 valence electrons. The lowest BCUT2D eigenvalue weighted by Gasteiger charge is -2.08. The lowest BCUT2D eigenvalue weighted by molar-refractivity contribution is 0.0600. The first-order valence-corrected chi connectivity index (χ1v) is 6.27. The highest BCUT2D eigenvalue weighted by Crippen LogP contribution is 2.25. The summed E-state index contributed by atoms with van der Waals surface area (Å²) in [5.74, 6) is -0.458. The summed E-state index contributed by atoms with van der Waals surface area (Å²) in [6, 6.07) is 4.76. The molecule has 1 aromatic carbocycles. The van der Waals surface area contributed by atoms with E-state index in [4.69, 9.17) is 11.6 Å². The molecule has 0 amide bonds. The maximum absolute atomic E-state index is 11.6. The molecular formula is C14H13ClN2O3. The van der Waals surface area contributed by atoms with Gasteiger partial charge in [0.05, 0.1) is 40.3 Å². The molecule has 6 heteroatoms. The first-order valence-electron chi connectivity index (χ1n) is 5.89. The van der Waals surface area contributed by atoms with Crippen LogP contribution in [0.2, 0.25) is 5.02 Å². The second-order valence-corrected chi connectivity index (χ2v) is 4.68. The molecule has 1 aromatic heterocycles. The van der Waals surface area contributed by atoms with Crippen molar-refractivity contribution in [3.05, 3.63) is 45.7 Å². The lowest BCUT2D eigenvalue weighted by Crippen LogP contribution is -2.05. The number of methoxy groups -OCH3 is 1. The van der Waals surface area contributed by atoms with Crippen LogP contribution in [0.5, 0.6) is 0 Å². The number of hydrogen-bond acceptors (Lipinski definition) is 4. The molecule has 5 nitrogen and oxygen atoms in total. The number of aromatic nitrogens is 2. The van der Waals surface area contributed by atoms with E-state index in [1.807, 2.05) is 0 Å². The number of halogens is 1. The molecule has 0 unspecified atom stereocenters. The summed E-state index contributed by atoms with van der Waals surface area (Å²) in [7, 11) is 1.31. The molecule has 20 heavy (non-hydrogen) atoms. The fourth-order valence-corrected chi connectivity index (χ4v) is 2.18. The molecule has 0 spiro atoms. The average Bonchev–Trinajstić information content (AvgIpc) is 2.73. The number of rotatable bonds is 3. The molecule has 0 saturated heterocycles. The Kier molecular flexibility index (Phi) is 3.90. The molecule has 0 N–H and O–H groups in total. The largest absolute Gasteiger partial charge is 0.465 e. The van der Waals surface area contributed by atoms with Gasteiger partial charge < -0.3 is 4.74 Å². The van der Waals surface area contributed by atoms with E-state index in [1.165, 1.54) is 7.11 Å². The normalized spacial score (nSPS) is 10.4. The van der Waals surface area contributed by atoms with Crippen molar-refractivity contribution in [2.75, 3.05) is 7.11 Å². The quantitative estimate of drug-likeness (QED) is 0.644. The van der Waals surface area contributed by atoms with E-state index in [-0.39, 0.29) is 0 Å². The summed E-state index contributed by atoms with van der Waals surface area (Å²) in [5.41, 5.74) is 2.69. The van der Waals surface area contributed by atoms with Crippen LogP contribution in [0.4, 0.5) is 0 Å². The van der Waals surface area contributed by atoms with Gasteiger partial charge in [0.2, 0.25) is 0 Å². The molecule has 0 fully saturated rings. The number of hydrogen-bond donors (Lipinski definition) is 0. The molecule has 0 aliphatic carbocycles. The highest BCUT2D eigenvalue weighted by atomic mass is 35.5. The SMILES string of the molecule is COC(=O)c1ccc(Cl)c(-n2nc(C)c(C=O)c2C)c1. The summed E-state index contributed by atoms with van der Waals surface area (Å²) in [6.07, 6.45) is 0.756. The van der Waals surface area contributed by atoms with Crippen molar-refractivity contribution < 1.29 is 14.3 Å². The number of nitrogens with zero attached hydrogens (tertiary/aromatic N) is 2. The molecule has 2 aromatic rings. The predicted molar refractivity (Wildman–Crippen MR) is 74.8 cm³/mol. The predicted octanol–water partition coefficient (Wildman–Crippen LogP) is 2.74. The molecule has 0 saturated carbocycles. The third-order valence-electron chi connectivity index (χ3n) is 3.06. The highest BCUT2D eigenvalue weighted by Gasteiger charge is 2.16. The van der Waals surface area contributed by atoms with E-state index in [2.05, 4.69) is 9.84 Å². The van der Waals surface area contributed by atoms with Crippen molar-refractivity contribution in [1.29, 1.82) is 0 Å². The number of carbonyl (C=O) groups excluding carboxylic acids is 2. The van der Waals surface area contributed by atoms with Crippen LogP contribution in [0.25, 0.3) is 5.69 Å². The van der Waals surface area contributed by atoms with Crippen molar-refractivity contribution in [1.82, 2.24) is 9.78 Å². The van der Waals surface area contributed by atoms with Gasteiger partial charge in [-0.15, -0.1) is 0 Å². The smallest absolute Gasteiger partial charge is 0.337 e. The molecule has 0 radical (unpaired) electrons. The Morgan fingerprint density at radius 1 is 1.40 bits per heavy atom. The summed E-state index contributed by atoms with van der Waals surface area (Å²) >= 11 is 6.15. The number of ether oxygens (including phenoxy) is 1. The van der Waals surface area contributed by atoms with Gasteiger partial charge in [0.15, 0.2) is 6.29 Å². The molecule has 0 aliphatic heterocycles. The Morgan fingerprint density at radius 3 is 2.65 bits per heavy atom. The zero-order chi connectivity index (χ0) is 14.9. The number of esters is 1. The van der Waals surface area contributed by atoms with E-state index in [0.29, 0.717) is 33.2 Å². The summed E-state index contributed by atoms with van der Waals surface area (Å²) in [6.45, 7) is 3.51. The maximum atomic E-state index is 11.6. The zero-order valence-corrected chi connectivity index (χ0v) is 12.1. The van der Waals surface area contributed by atoms with Gasteiger partial charge in [-0.05, 0) is 32.0 Å². The minimum absolute atomic E-state index is 0.368. The van der Waals surface area contributed by atoms with Crippen LogP contribution < -0.4 is 0 Å². The Bertz CT molecular complexity index is 692. The van der Waals surface area contributed by atoms with Crippen molar-refractivity contribution in [2.45, 2.75) is 13.8 Å². The third kappa shape index (κ3) is 2.32. The first-order chi connectivity index (χ1) is 9.49. The Hall–Kier alpha value is -2.14. The molecule has 0 bridgehead atoms. The molecule has 1 heterocycles. The topological polar surface area (TPSA) is 61.2 Å². The second kappa shape index (κ2) is 5.46. The van der Waals surface area contributed by atoms with E-state index >= 15 is 0 Å². The number of carbonyl (C=O) groups is 2. The van der Waals surface area contributed by atoms with Gasteiger partial charge in [-0.2, -0.15) is 5.10 Å². The minimum Gasteiger partial charge on any atom is -0.465 e. The van der Waals surface area contributed by atoms with Gasteiger partial charge in [0.1, 0.15) is 0 Å². The number of benzene rings is 1. The minimum atomic E-state index is -0.458. The molecular weight excluding hydrogens is 280 g/mol. The average molecular weight is 293 g/mol. The van der Waals surface area contributed by atoms with Crippen molar-refractivity contribution in [3.8, 4) is 5.69 Å². The van der Waals surface area contributed by atoms with Crippen LogP contribution >= 0.6 is 11.6 Å². The van der Waals surface area contributed by atoms with Crippen molar-refractivity contribution in [3.63, 3.8) is 0 Å². The Labute approximate surface area is 121 Å². The Balaban J connectivity index is 2.63. The maximum Gasteiger partial charge on any atom is 0.337 e. The first kappa shape index (κ1) is 14.3. The van der Waals surface area contributed by atoms with E-state index in [1.54, 1.807) is 36.7 Å². The summed E-state index contributed by atoms with van der Waals surface area (Å²) in [5, 5.41) is 4.72. The van der Waals surface area contributed by atoms with Gasteiger partial charge in [0, 0.05) is 0 Å². The summed E-state index contributed by atoms with van der Waals surface area (Å²) in [4.78, 5) is 22.6. The number of aldehydes is 1. The van der Waals surface area contributed by atoms with Crippen molar-refractivity contribution >= 4 is 23.9 Å². The molecule has 0 aliphatic rings. The van der Waals surface area contributed by atoms with Gasteiger partial charge in [0.25, 0.3) is 0 Å². The van der Waals surface area contributed by atoms with Crippen LogP contribution in [-0.2, 0) is 4.74 Å². The van der Waals surface area contributed by atoms with E-state index in [9.17, 15) is 9.59 Å². The van der Waals surface area contributed by atoms with E-state index in [0.717, 1.165) is 6.29 Å². The van der Waals surface area contributed by atoms with Gasteiger partial charge in [-0.3, -0.25) is 4.79 Å². The highest BCUT2D eigenvalue weighted by molar-refractivity contribution is 6.32. The van der Waals surface area contributed by atoms with Gasteiger partial charge in [-0.1, -0.05) is 11.6 Å². The van der Waals surface area contributed by atoms with Gasteiger partial charge in [-0.25, -0.2) is 9.48 Å². The molecule has 0 atom stereocenters. The standard InChI is InChI=1S/C14H13ClN2O3/c1-8-11(7-18)9(2)17(16-8)13-6-10(14(19)20-3)4-5-12(13)15/h4-7H,1-3H3. The van der Waals surface area contributed by atoms with E-state index < -0.39 is 5.97 Å². The van der Waals surface area contributed by atoms with Crippen LogP contribution in [0.1, 0.15) is 32.1 Å². The lowest BCUT2D eigenvalue weighted by atomic mass is 10.2. The monoisotopic (exact) mass is 292 g/mol. The Morgan fingerprint density at radius 2 is 2.10 bits per heavy atom. The van der Waals surface area contributed by atoms with Crippen LogP contribution in [0, 0.1) is 13.8 Å². The van der Waals surface area contributed by atoms with Crippen LogP contribution in [-0.4, -0.2) is 29.1 Å². The second-order valence-electron chi connectivity index (χ2n) is 4.27. The molecule has 2 rings (SSSR count). The third-order valence-corrected chi connectivity index (χ3v) is 3.38. The fraction of sp³-hybridized carbons (Fsp3) is 0.214. The zero-order valence-electron chi connectivity index (χ0n) is 11.3. The van der Waals surface area contributed by atoms with Crippen LogP contribution in [0.3, 0.4) is 0 Å².